The normalized spacial score (nSPS) is 27.9. The van der Waals surface area contributed by atoms with Crippen molar-refractivity contribution in [1.82, 2.24) is 5.43 Å². The smallest absolute Gasteiger partial charge is 0.0832 e. The number of hydrogen-bond donors (Lipinski definition) is 2. The summed E-state index contributed by atoms with van der Waals surface area (Å²) in [6, 6.07) is 9.15. The summed E-state index contributed by atoms with van der Waals surface area (Å²) in [5.41, 5.74) is 6.07. The van der Waals surface area contributed by atoms with Crippen LogP contribution in [-0.2, 0) is 11.2 Å². The van der Waals surface area contributed by atoms with E-state index >= 15 is 0 Å². The Morgan fingerprint density at radius 3 is 3.10 bits per heavy atom. The zero-order valence-electron chi connectivity index (χ0n) is 11.9. The molecule has 3 nitrogen and oxygen atoms in total. The first-order valence-corrected chi connectivity index (χ1v) is 8.77. The molecule has 4 heteroatoms. The van der Waals surface area contributed by atoms with Gasteiger partial charge in [0.1, 0.15) is 0 Å². The van der Waals surface area contributed by atoms with Gasteiger partial charge < -0.3 is 4.74 Å². The van der Waals surface area contributed by atoms with Crippen LogP contribution < -0.4 is 11.3 Å². The van der Waals surface area contributed by atoms with Crippen LogP contribution in [0.1, 0.15) is 36.3 Å². The molecule has 1 aromatic rings. The summed E-state index contributed by atoms with van der Waals surface area (Å²) in [7, 11) is 0. The van der Waals surface area contributed by atoms with E-state index in [1.165, 1.54) is 30.4 Å². The van der Waals surface area contributed by atoms with E-state index in [1.807, 2.05) is 11.8 Å². The second kappa shape index (κ2) is 6.94. The van der Waals surface area contributed by atoms with E-state index in [0.29, 0.717) is 5.92 Å². The lowest BCUT2D eigenvalue weighted by molar-refractivity contribution is 0.0423. The van der Waals surface area contributed by atoms with Crippen LogP contribution in [0.25, 0.3) is 0 Å². The number of nitrogens with two attached hydrogens (primary N) is 1. The van der Waals surface area contributed by atoms with Gasteiger partial charge in [0.05, 0.1) is 12.7 Å². The Labute approximate surface area is 125 Å². The lowest BCUT2D eigenvalue weighted by Crippen LogP contribution is -2.48. The number of hydrogen-bond acceptors (Lipinski definition) is 4. The summed E-state index contributed by atoms with van der Waals surface area (Å²) in [6.07, 6.45) is 5.13. The standard InChI is InChI=1S/C16H24N2OS/c17-18-15(16-11-20-9-8-19-16)10-13-6-3-5-12-4-1-2-7-14(12)13/h1-2,4,7,13,15-16,18H,3,5-6,8-11,17H2. The molecule has 20 heavy (non-hydrogen) atoms. The lowest BCUT2D eigenvalue weighted by Gasteiger charge is -2.34. The molecule has 1 heterocycles. The summed E-state index contributed by atoms with van der Waals surface area (Å²) < 4.78 is 5.90. The number of aryl methyl sites for hydroxylation is 1. The van der Waals surface area contributed by atoms with Crippen molar-refractivity contribution in [2.75, 3.05) is 18.1 Å². The molecule has 0 spiro atoms. The number of benzene rings is 1. The van der Waals surface area contributed by atoms with Gasteiger partial charge >= 0.3 is 0 Å². The van der Waals surface area contributed by atoms with Crippen molar-refractivity contribution in [3.05, 3.63) is 35.4 Å². The molecule has 1 aromatic carbocycles. The second-order valence-corrected chi connectivity index (χ2v) is 6.93. The van der Waals surface area contributed by atoms with Crippen molar-refractivity contribution in [3.63, 3.8) is 0 Å². The molecule has 1 aliphatic heterocycles. The summed E-state index contributed by atoms with van der Waals surface area (Å²) in [5.74, 6) is 8.59. The largest absolute Gasteiger partial charge is 0.375 e. The van der Waals surface area contributed by atoms with Gasteiger partial charge in [-0.25, -0.2) is 0 Å². The van der Waals surface area contributed by atoms with Crippen molar-refractivity contribution in [2.45, 2.75) is 43.7 Å². The third kappa shape index (κ3) is 3.19. The molecule has 2 aliphatic rings. The van der Waals surface area contributed by atoms with Crippen LogP contribution in [0.4, 0.5) is 0 Å². The molecule has 0 bridgehead atoms. The number of thioether (sulfide) groups is 1. The van der Waals surface area contributed by atoms with Gasteiger partial charge in [0.15, 0.2) is 0 Å². The van der Waals surface area contributed by atoms with Crippen LogP contribution in [0, 0.1) is 0 Å². The molecule has 1 saturated heterocycles. The fourth-order valence-corrected chi connectivity index (χ4v) is 4.41. The number of ether oxygens (including phenoxy) is 1. The van der Waals surface area contributed by atoms with Crippen LogP contribution >= 0.6 is 11.8 Å². The third-order valence-corrected chi connectivity index (χ3v) is 5.56. The Bertz CT molecular complexity index is 434. The van der Waals surface area contributed by atoms with Gasteiger partial charge in [0.25, 0.3) is 0 Å². The highest BCUT2D eigenvalue weighted by Crippen LogP contribution is 2.35. The second-order valence-electron chi connectivity index (χ2n) is 5.78. The third-order valence-electron chi connectivity index (χ3n) is 4.54. The van der Waals surface area contributed by atoms with Gasteiger partial charge in [0.2, 0.25) is 0 Å². The van der Waals surface area contributed by atoms with E-state index in [4.69, 9.17) is 10.6 Å². The SMILES string of the molecule is NNC(CC1CCCc2ccccc21)C1CSCCO1. The van der Waals surface area contributed by atoms with E-state index < -0.39 is 0 Å². The quantitative estimate of drug-likeness (QED) is 0.661. The van der Waals surface area contributed by atoms with Crippen LogP contribution in [0.3, 0.4) is 0 Å². The maximum absolute atomic E-state index is 5.90. The number of nitrogens with one attached hydrogen (secondary N) is 1. The topological polar surface area (TPSA) is 47.3 Å². The number of hydrazine groups is 1. The van der Waals surface area contributed by atoms with Gasteiger partial charge in [-0.15, -0.1) is 0 Å². The molecule has 110 valence electrons. The molecule has 3 unspecified atom stereocenters. The highest BCUT2D eigenvalue weighted by Gasteiger charge is 2.29. The Kier molecular flexibility index (Phi) is 4.99. The van der Waals surface area contributed by atoms with E-state index in [-0.39, 0.29) is 12.1 Å². The van der Waals surface area contributed by atoms with E-state index in [9.17, 15) is 0 Å². The molecular formula is C16H24N2OS. The Morgan fingerprint density at radius 2 is 2.30 bits per heavy atom. The van der Waals surface area contributed by atoms with Crippen molar-refractivity contribution < 1.29 is 4.74 Å². The maximum atomic E-state index is 5.90. The van der Waals surface area contributed by atoms with Crippen molar-refractivity contribution in [2.24, 2.45) is 5.84 Å². The van der Waals surface area contributed by atoms with Crippen molar-refractivity contribution in [1.29, 1.82) is 0 Å². The zero-order valence-corrected chi connectivity index (χ0v) is 12.7. The van der Waals surface area contributed by atoms with Crippen molar-refractivity contribution >= 4 is 11.8 Å². The fourth-order valence-electron chi connectivity index (χ4n) is 3.47. The average Bonchev–Trinajstić information content (AvgIpc) is 2.53. The zero-order chi connectivity index (χ0) is 13.8. The number of fused-ring (bicyclic) bond motifs is 1. The average molecular weight is 292 g/mol. The molecule has 1 fully saturated rings. The highest BCUT2D eigenvalue weighted by molar-refractivity contribution is 7.99. The number of rotatable bonds is 4. The summed E-state index contributed by atoms with van der Waals surface area (Å²) in [5, 5.41) is 0. The first-order valence-electron chi connectivity index (χ1n) is 7.61. The molecule has 0 amide bonds. The van der Waals surface area contributed by atoms with Crippen LogP contribution in [0.5, 0.6) is 0 Å². The van der Waals surface area contributed by atoms with Gasteiger partial charge in [-0.3, -0.25) is 11.3 Å². The molecule has 3 rings (SSSR count). The Balaban J connectivity index is 1.70. The summed E-state index contributed by atoms with van der Waals surface area (Å²) in [6.45, 7) is 0.856. The summed E-state index contributed by atoms with van der Waals surface area (Å²) in [4.78, 5) is 0. The minimum Gasteiger partial charge on any atom is -0.375 e. The van der Waals surface area contributed by atoms with Crippen LogP contribution in [0.15, 0.2) is 24.3 Å². The molecule has 0 aromatic heterocycles. The predicted molar refractivity (Wildman–Crippen MR) is 84.9 cm³/mol. The van der Waals surface area contributed by atoms with Crippen molar-refractivity contribution in [3.8, 4) is 0 Å². The van der Waals surface area contributed by atoms with E-state index in [2.05, 4.69) is 29.7 Å². The molecule has 3 atom stereocenters. The molecule has 0 saturated carbocycles. The minimum atomic E-state index is 0.257. The van der Waals surface area contributed by atoms with E-state index in [0.717, 1.165) is 24.5 Å². The first kappa shape index (κ1) is 14.4. The van der Waals surface area contributed by atoms with Gasteiger partial charge in [-0.05, 0) is 42.7 Å². The van der Waals surface area contributed by atoms with Crippen LogP contribution in [-0.4, -0.2) is 30.3 Å². The van der Waals surface area contributed by atoms with Gasteiger partial charge in [-0.1, -0.05) is 24.3 Å². The highest BCUT2D eigenvalue weighted by atomic mass is 32.2. The van der Waals surface area contributed by atoms with Gasteiger partial charge in [0, 0.05) is 17.5 Å². The fraction of sp³-hybridized carbons (Fsp3) is 0.625. The Morgan fingerprint density at radius 1 is 1.40 bits per heavy atom. The monoisotopic (exact) mass is 292 g/mol. The molecule has 1 aliphatic carbocycles. The minimum absolute atomic E-state index is 0.257. The van der Waals surface area contributed by atoms with Gasteiger partial charge in [-0.2, -0.15) is 11.8 Å². The maximum Gasteiger partial charge on any atom is 0.0832 e. The Hall–Kier alpha value is -0.550. The lowest BCUT2D eigenvalue weighted by atomic mass is 9.79. The molecule has 3 N–H and O–H groups in total. The van der Waals surface area contributed by atoms with Crippen LogP contribution in [0.2, 0.25) is 0 Å². The summed E-state index contributed by atoms with van der Waals surface area (Å²) >= 11 is 1.97. The molecular weight excluding hydrogens is 268 g/mol. The molecule has 0 radical (unpaired) electrons. The first-order chi connectivity index (χ1) is 9.88. The van der Waals surface area contributed by atoms with E-state index in [1.54, 1.807) is 0 Å². The predicted octanol–water partition coefficient (Wildman–Crippen LogP) is 2.46.